The fourth-order valence-corrected chi connectivity index (χ4v) is 1.94. The molecule has 0 amide bonds. The van der Waals surface area contributed by atoms with Gasteiger partial charge in [-0.05, 0) is 43.5 Å². The number of aryl methyl sites for hydroxylation is 1. The number of rotatable bonds is 7. The summed E-state index contributed by atoms with van der Waals surface area (Å²) in [4.78, 5) is 11.1. The monoisotopic (exact) mass is 270 g/mol. The molecule has 1 aromatic rings. The normalized spacial score (nSPS) is 12.2. The zero-order valence-electron chi connectivity index (χ0n) is 10.8. The third kappa shape index (κ3) is 4.57. The van der Waals surface area contributed by atoms with E-state index in [1.165, 1.54) is 0 Å². The van der Waals surface area contributed by atoms with Gasteiger partial charge in [0.2, 0.25) is 0 Å². The number of hydrogen-bond acceptors (Lipinski definition) is 2. The van der Waals surface area contributed by atoms with Crippen molar-refractivity contribution in [2.24, 2.45) is 0 Å². The van der Waals surface area contributed by atoms with Crippen LogP contribution in [-0.4, -0.2) is 17.2 Å². The summed E-state index contributed by atoms with van der Waals surface area (Å²) in [6, 6.07) is 5.18. The third-order valence-electron chi connectivity index (χ3n) is 2.75. The van der Waals surface area contributed by atoms with Crippen molar-refractivity contribution in [1.82, 2.24) is 0 Å². The SMILES string of the molecule is CCCCC[C@@H](Oc1ccc(Cl)cc1C)C(=O)O. The zero-order valence-corrected chi connectivity index (χ0v) is 11.5. The molecule has 0 unspecified atom stereocenters. The Balaban J connectivity index is 2.67. The second-order valence-electron chi connectivity index (χ2n) is 4.35. The molecule has 0 aliphatic carbocycles. The Kier molecular flexibility index (Phi) is 5.99. The maximum atomic E-state index is 11.1. The summed E-state index contributed by atoms with van der Waals surface area (Å²) in [5, 5.41) is 9.75. The van der Waals surface area contributed by atoms with Crippen molar-refractivity contribution in [3.63, 3.8) is 0 Å². The smallest absolute Gasteiger partial charge is 0.344 e. The Morgan fingerprint density at radius 1 is 1.44 bits per heavy atom. The lowest BCUT2D eigenvalue weighted by molar-refractivity contribution is -0.145. The Hall–Kier alpha value is -1.22. The van der Waals surface area contributed by atoms with Crippen LogP contribution in [0, 0.1) is 6.92 Å². The molecule has 0 aromatic heterocycles. The molecule has 0 saturated heterocycles. The minimum absolute atomic E-state index is 0.533. The Bertz CT molecular complexity index is 404. The lowest BCUT2D eigenvalue weighted by Crippen LogP contribution is -2.27. The third-order valence-corrected chi connectivity index (χ3v) is 2.99. The van der Waals surface area contributed by atoms with Gasteiger partial charge in [-0.3, -0.25) is 0 Å². The maximum absolute atomic E-state index is 11.1. The van der Waals surface area contributed by atoms with Gasteiger partial charge in [-0.2, -0.15) is 0 Å². The second-order valence-corrected chi connectivity index (χ2v) is 4.79. The summed E-state index contributed by atoms with van der Waals surface area (Å²) < 4.78 is 5.55. The molecule has 0 radical (unpaired) electrons. The summed E-state index contributed by atoms with van der Waals surface area (Å²) in [6.07, 6.45) is 2.70. The number of ether oxygens (including phenoxy) is 1. The first kappa shape index (κ1) is 14.8. The molecule has 0 aliphatic rings. The largest absolute Gasteiger partial charge is 0.479 e. The van der Waals surface area contributed by atoms with Gasteiger partial charge in [0.15, 0.2) is 6.10 Å². The van der Waals surface area contributed by atoms with Crippen LogP contribution in [0.3, 0.4) is 0 Å². The number of halogens is 1. The van der Waals surface area contributed by atoms with E-state index in [2.05, 4.69) is 6.92 Å². The Labute approximate surface area is 113 Å². The molecule has 0 aliphatic heterocycles. The molecule has 0 heterocycles. The average Bonchev–Trinajstić information content (AvgIpc) is 2.30. The number of carboxylic acids is 1. The molecule has 1 atom stereocenters. The van der Waals surface area contributed by atoms with Gasteiger partial charge in [-0.15, -0.1) is 0 Å². The van der Waals surface area contributed by atoms with Crippen LogP contribution < -0.4 is 4.74 Å². The summed E-state index contributed by atoms with van der Waals surface area (Å²) in [7, 11) is 0. The molecule has 3 nitrogen and oxygen atoms in total. The summed E-state index contributed by atoms with van der Waals surface area (Å²) >= 11 is 5.85. The van der Waals surface area contributed by atoms with Crippen molar-refractivity contribution in [2.45, 2.75) is 45.6 Å². The van der Waals surface area contributed by atoms with Gasteiger partial charge in [0.25, 0.3) is 0 Å². The highest BCUT2D eigenvalue weighted by Gasteiger charge is 2.19. The predicted octanol–water partition coefficient (Wildman–Crippen LogP) is 4.06. The molecule has 100 valence electrons. The highest BCUT2D eigenvalue weighted by molar-refractivity contribution is 6.30. The minimum atomic E-state index is -0.916. The van der Waals surface area contributed by atoms with Gasteiger partial charge in [-0.25, -0.2) is 4.79 Å². The van der Waals surface area contributed by atoms with Crippen LogP contribution in [0.4, 0.5) is 0 Å². The van der Waals surface area contributed by atoms with E-state index in [-0.39, 0.29) is 0 Å². The second kappa shape index (κ2) is 7.27. The molecular formula is C14H19ClO3. The van der Waals surface area contributed by atoms with Gasteiger partial charge < -0.3 is 9.84 Å². The minimum Gasteiger partial charge on any atom is -0.479 e. The predicted molar refractivity (Wildman–Crippen MR) is 72.4 cm³/mol. The lowest BCUT2D eigenvalue weighted by Gasteiger charge is -2.16. The first-order valence-corrected chi connectivity index (χ1v) is 6.58. The first-order valence-electron chi connectivity index (χ1n) is 6.20. The van der Waals surface area contributed by atoms with Crippen molar-refractivity contribution >= 4 is 17.6 Å². The quantitative estimate of drug-likeness (QED) is 0.760. The van der Waals surface area contributed by atoms with Crippen molar-refractivity contribution < 1.29 is 14.6 Å². The van der Waals surface area contributed by atoms with E-state index >= 15 is 0 Å². The molecule has 1 N–H and O–H groups in total. The van der Waals surface area contributed by atoms with Crippen molar-refractivity contribution in [2.75, 3.05) is 0 Å². The van der Waals surface area contributed by atoms with E-state index in [4.69, 9.17) is 21.4 Å². The molecule has 18 heavy (non-hydrogen) atoms. The number of hydrogen-bond donors (Lipinski definition) is 1. The highest BCUT2D eigenvalue weighted by atomic mass is 35.5. The van der Waals surface area contributed by atoms with Crippen molar-refractivity contribution in [1.29, 1.82) is 0 Å². The molecular weight excluding hydrogens is 252 g/mol. The van der Waals surface area contributed by atoms with Gasteiger partial charge in [-0.1, -0.05) is 31.4 Å². The first-order chi connectivity index (χ1) is 8.54. The fraction of sp³-hybridized carbons (Fsp3) is 0.500. The summed E-state index contributed by atoms with van der Waals surface area (Å²) in [5.41, 5.74) is 0.851. The number of carbonyl (C=O) groups is 1. The van der Waals surface area contributed by atoms with E-state index < -0.39 is 12.1 Å². The summed E-state index contributed by atoms with van der Waals surface area (Å²) in [5.74, 6) is -0.330. The Morgan fingerprint density at radius 3 is 2.72 bits per heavy atom. The Morgan fingerprint density at radius 2 is 2.17 bits per heavy atom. The van der Waals surface area contributed by atoms with Crippen molar-refractivity contribution in [3.05, 3.63) is 28.8 Å². The summed E-state index contributed by atoms with van der Waals surface area (Å²) in [6.45, 7) is 3.94. The number of aliphatic carboxylic acids is 1. The van der Waals surface area contributed by atoms with E-state index in [0.29, 0.717) is 17.2 Å². The molecule has 4 heteroatoms. The number of carboxylic acid groups (broad SMARTS) is 1. The maximum Gasteiger partial charge on any atom is 0.344 e. The van der Waals surface area contributed by atoms with Crippen LogP contribution >= 0.6 is 11.6 Å². The van der Waals surface area contributed by atoms with Gasteiger partial charge in [0, 0.05) is 5.02 Å². The average molecular weight is 271 g/mol. The molecule has 1 rings (SSSR count). The van der Waals surface area contributed by atoms with Gasteiger partial charge in [0.05, 0.1) is 0 Å². The number of benzene rings is 1. The van der Waals surface area contributed by atoms with Crippen LogP contribution in [0.25, 0.3) is 0 Å². The van der Waals surface area contributed by atoms with Crippen molar-refractivity contribution in [3.8, 4) is 5.75 Å². The lowest BCUT2D eigenvalue weighted by atomic mass is 10.1. The van der Waals surface area contributed by atoms with E-state index in [0.717, 1.165) is 24.8 Å². The molecule has 0 spiro atoms. The van der Waals surface area contributed by atoms with Crippen LogP contribution in [0.5, 0.6) is 5.75 Å². The number of unbranched alkanes of at least 4 members (excludes halogenated alkanes) is 2. The van der Waals surface area contributed by atoms with Gasteiger partial charge >= 0.3 is 5.97 Å². The molecule has 0 fully saturated rings. The molecule has 1 aromatic carbocycles. The highest BCUT2D eigenvalue weighted by Crippen LogP contribution is 2.24. The topological polar surface area (TPSA) is 46.5 Å². The van der Waals surface area contributed by atoms with Gasteiger partial charge in [0.1, 0.15) is 5.75 Å². The van der Waals surface area contributed by atoms with Crippen LogP contribution in [0.15, 0.2) is 18.2 Å². The fourth-order valence-electron chi connectivity index (χ4n) is 1.71. The van der Waals surface area contributed by atoms with Crippen LogP contribution in [0.2, 0.25) is 5.02 Å². The van der Waals surface area contributed by atoms with Crippen LogP contribution in [0.1, 0.15) is 38.2 Å². The van der Waals surface area contributed by atoms with E-state index in [1.807, 2.05) is 6.92 Å². The standard InChI is InChI=1S/C14H19ClO3/c1-3-4-5-6-13(14(16)17)18-12-8-7-11(15)9-10(12)2/h7-9,13H,3-6H2,1-2H3,(H,16,17)/t13-/m1/s1. The zero-order chi connectivity index (χ0) is 13.5. The van der Waals surface area contributed by atoms with Crippen LogP contribution in [-0.2, 0) is 4.79 Å². The van der Waals surface area contributed by atoms with E-state index in [1.54, 1.807) is 18.2 Å². The molecule has 0 saturated carbocycles. The molecule has 0 bridgehead atoms. The van der Waals surface area contributed by atoms with E-state index in [9.17, 15) is 4.79 Å².